The summed E-state index contributed by atoms with van der Waals surface area (Å²) in [7, 11) is 0. The van der Waals surface area contributed by atoms with Crippen LogP contribution in [0.2, 0.25) is 0 Å². The molecule has 1 heterocycles. The number of benzene rings is 1. The minimum Gasteiger partial charge on any atom is -0.390 e. The zero-order chi connectivity index (χ0) is 11.7. The number of hydrogen-bond donors (Lipinski definition) is 1. The fourth-order valence-corrected chi connectivity index (χ4v) is 2.62. The number of rotatable bonds is 2. The largest absolute Gasteiger partial charge is 0.390 e. The fraction of sp³-hybridized carbons (Fsp3) is 0.286. The highest BCUT2D eigenvalue weighted by atomic mass is 32.1. The summed E-state index contributed by atoms with van der Waals surface area (Å²) < 4.78 is 0. The number of nitrogen functional groups attached to an aromatic ring is 1. The minimum absolute atomic E-state index is 0.579. The minimum atomic E-state index is 0.579. The SMILES string of the molecule is Cc1cc(-c2ccc(C(C)C)cc2)c(N)s1. The maximum absolute atomic E-state index is 5.99. The molecule has 0 amide bonds. The van der Waals surface area contributed by atoms with Crippen molar-refractivity contribution in [3.05, 3.63) is 40.8 Å². The van der Waals surface area contributed by atoms with Gasteiger partial charge in [-0.2, -0.15) is 0 Å². The first-order valence-corrected chi connectivity index (χ1v) is 6.36. The van der Waals surface area contributed by atoms with Crippen LogP contribution in [-0.2, 0) is 0 Å². The Bertz CT molecular complexity index is 480. The third-order valence-electron chi connectivity index (χ3n) is 2.77. The van der Waals surface area contributed by atoms with Crippen molar-refractivity contribution in [2.75, 3.05) is 5.73 Å². The van der Waals surface area contributed by atoms with E-state index in [1.807, 2.05) is 0 Å². The van der Waals surface area contributed by atoms with E-state index in [9.17, 15) is 0 Å². The highest BCUT2D eigenvalue weighted by molar-refractivity contribution is 7.16. The zero-order valence-electron chi connectivity index (χ0n) is 9.95. The molecule has 0 bridgehead atoms. The maximum Gasteiger partial charge on any atom is 0.0938 e. The van der Waals surface area contributed by atoms with Crippen LogP contribution in [-0.4, -0.2) is 0 Å². The Morgan fingerprint density at radius 3 is 2.19 bits per heavy atom. The van der Waals surface area contributed by atoms with E-state index < -0.39 is 0 Å². The van der Waals surface area contributed by atoms with Crippen LogP contribution in [0.1, 0.15) is 30.2 Å². The van der Waals surface area contributed by atoms with Gasteiger partial charge in [-0.25, -0.2) is 0 Å². The van der Waals surface area contributed by atoms with Crippen LogP contribution >= 0.6 is 11.3 Å². The molecular formula is C14H17NS. The van der Waals surface area contributed by atoms with Gasteiger partial charge in [-0.3, -0.25) is 0 Å². The quantitative estimate of drug-likeness (QED) is 0.813. The summed E-state index contributed by atoms with van der Waals surface area (Å²) in [6.45, 7) is 6.50. The molecule has 0 saturated carbocycles. The molecular weight excluding hydrogens is 214 g/mol. The smallest absolute Gasteiger partial charge is 0.0938 e. The van der Waals surface area contributed by atoms with Gasteiger partial charge in [-0.15, -0.1) is 11.3 Å². The van der Waals surface area contributed by atoms with Gasteiger partial charge in [-0.05, 0) is 30.0 Å². The molecule has 0 unspecified atom stereocenters. The Morgan fingerprint density at radius 2 is 1.75 bits per heavy atom. The van der Waals surface area contributed by atoms with E-state index in [-0.39, 0.29) is 0 Å². The third kappa shape index (κ3) is 2.12. The van der Waals surface area contributed by atoms with Crippen molar-refractivity contribution in [3.63, 3.8) is 0 Å². The molecule has 0 fully saturated rings. The van der Waals surface area contributed by atoms with Crippen molar-refractivity contribution in [1.29, 1.82) is 0 Å². The summed E-state index contributed by atoms with van der Waals surface area (Å²) in [6, 6.07) is 10.9. The first-order chi connectivity index (χ1) is 7.58. The molecule has 16 heavy (non-hydrogen) atoms. The molecule has 0 spiro atoms. The van der Waals surface area contributed by atoms with Crippen LogP contribution in [0.3, 0.4) is 0 Å². The Hall–Kier alpha value is -1.28. The molecule has 1 aromatic heterocycles. The van der Waals surface area contributed by atoms with E-state index >= 15 is 0 Å². The highest BCUT2D eigenvalue weighted by Crippen LogP contribution is 2.33. The number of nitrogens with two attached hydrogens (primary N) is 1. The van der Waals surface area contributed by atoms with E-state index in [1.165, 1.54) is 16.0 Å². The second-order valence-electron chi connectivity index (χ2n) is 4.41. The van der Waals surface area contributed by atoms with Crippen molar-refractivity contribution in [2.45, 2.75) is 26.7 Å². The number of thiophene rings is 1. The van der Waals surface area contributed by atoms with Crippen molar-refractivity contribution < 1.29 is 0 Å². The Labute approximate surface area is 101 Å². The molecule has 2 rings (SSSR count). The van der Waals surface area contributed by atoms with Crippen LogP contribution < -0.4 is 5.73 Å². The van der Waals surface area contributed by atoms with Crippen molar-refractivity contribution >= 4 is 16.3 Å². The average Bonchev–Trinajstić information content (AvgIpc) is 2.58. The molecule has 2 aromatic rings. The van der Waals surface area contributed by atoms with E-state index in [0.29, 0.717) is 5.92 Å². The summed E-state index contributed by atoms with van der Waals surface area (Å²) in [6.07, 6.45) is 0. The summed E-state index contributed by atoms with van der Waals surface area (Å²) in [5.74, 6) is 0.579. The molecule has 0 saturated heterocycles. The molecule has 0 aliphatic heterocycles. The lowest BCUT2D eigenvalue weighted by molar-refractivity contribution is 0.867. The molecule has 0 atom stereocenters. The van der Waals surface area contributed by atoms with Gasteiger partial charge < -0.3 is 5.73 Å². The molecule has 0 aliphatic rings. The molecule has 1 nitrogen and oxygen atoms in total. The summed E-state index contributed by atoms with van der Waals surface area (Å²) >= 11 is 1.65. The van der Waals surface area contributed by atoms with Crippen molar-refractivity contribution in [1.82, 2.24) is 0 Å². The van der Waals surface area contributed by atoms with E-state index in [4.69, 9.17) is 5.73 Å². The molecule has 0 aliphatic carbocycles. The predicted molar refractivity (Wildman–Crippen MR) is 73.0 cm³/mol. The summed E-state index contributed by atoms with van der Waals surface area (Å²) in [4.78, 5) is 1.26. The van der Waals surface area contributed by atoms with Crippen LogP contribution in [0.4, 0.5) is 5.00 Å². The van der Waals surface area contributed by atoms with E-state index in [1.54, 1.807) is 11.3 Å². The van der Waals surface area contributed by atoms with E-state index in [2.05, 4.69) is 51.1 Å². The second-order valence-corrected chi connectivity index (χ2v) is 5.70. The zero-order valence-corrected chi connectivity index (χ0v) is 10.8. The molecule has 2 N–H and O–H groups in total. The molecule has 84 valence electrons. The summed E-state index contributed by atoms with van der Waals surface area (Å²) in [5.41, 5.74) is 9.74. The van der Waals surface area contributed by atoms with Crippen LogP contribution in [0.5, 0.6) is 0 Å². The standard InChI is InChI=1S/C14H17NS/c1-9(2)11-4-6-12(7-5-11)13-8-10(3)16-14(13)15/h4-9H,15H2,1-3H3. The van der Waals surface area contributed by atoms with Crippen LogP contribution in [0.15, 0.2) is 30.3 Å². The molecule has 0 radical (unpaired) electrons. The number of hydrogen-bond acceptors (Lipinski definition) is 2. The fourth-order valence-electron chi connectivity index (χ4n) is 1.81. The van der Waals surface area contributed by atoms with Gasteiger partial charge >= 0.3 is 0 Å². The first kappa shape index (κ1) is 11.2. The van der Waals surface area contributed by atoms with Gasteiger partial charge in [0.2, 0.25) is 0 Å². The number of anilines is 1. The van der Waals surface area contributed by atoms with Crippen molar-refractivity contribution in [3.8, 4) is 11.1 Å². The topological polar surface area (TPSA) is 26.0 Å². The van der Waals surface area contributed by atoms with Crippen molar-refractivity contribution in [2.24, 2.45) is 0 Å². The lowest BCUT2D eigenvalue weighted by Gasteiger charge is -2.06. The normalized spacial score (nSPS) is 11.0. The van der Waals surface area contributed by atoms with Crippen LogP contribution in [0, 0.1) is 6.92 Å². The van der Waals surface area contributed by atoms with E-state index in [0.717, 1.165) is 10.6 Å². The van der Waals surface area contributed by atoms with Gasteiger partial charge in [0.25, 0.3) is 0 Å². The first-order valence-electron chi connectivity index (χ1n) is 5.54. The Kier molecular flexibility index (Phi) is 3.01. The lowest BCUT2D eigenvalue weighted by Crippen LogP contribution is -1.87. The van der Waals surface area contributed by atoms with Gasteiger partial charge in [0.05, 0.1) is 5.00 Å². The molecule has 2 heteroatoms. The highest BCUT2D eigenvalue weighted by Gasteiger charge is 2.06. The third-order valence-corrected chi connectivity index (χ3v) is 3.65. The van der Waals surface area contributed by atoms with Gasteiger partial charge in [0, 0.05) is 10.4 Å². The van der Waals surface area contributed by atoms with Gasteiger partial charge in [0.1, 0.15) is 0 Å². The Morgan fingerprint density at radius 1 is 1.12 bits per heavy atom. The number of aryl methyl sites for hydroxylation is 1. The predicted octanol–water partition coefficient (Wildman–Crippen LogP) is 4.43. The van der Waals surface area contributed by atoms with Gasteiger partial charge in [0.15, 0.2) is 0 Å². The lowest BCUT2D eigenvalue weighted by atomic mass is 9.99. The monoisotopic (exact) mass is 231 g/mol. The maximum atomic E-state index is 5.99. The average molecular weight is 231 g/mol. The molecule has 1 aromatic carbocycles. The van der Waals surface area contributed by atoms with Crippen LogP contribution in [0.25, 0.3) is 11.1 Å². The van der Waals surface area contributed by atoms with Gasteiger partial charge in [-0.1, -0.05) is 38.1 Å². The second kappa shape index (κ2) is 4.30. The summed E-state index contributed by atoms with van der Waals surface area (Å²) in [5, 5.41) is 0.912. The Balaban J connectivity index is 2.38.